The molecule has 0 spiro atoms. The molecule has 3 rings (SSSR count). The van der Waals surface area contributed by atoms with Gasteiger partial charge in [-0.15, -0.1) is 0 Å². The molecule has 0 unspecified atom stereocenters. The molecule has 0 saturated carbocycles. The SMILES string of the molecule is CC(=O)NC1=NC(=O)C(=Cc2cccc3ccccc23)S1. The van der Waals surface area contributed by atoms with Crippen molar-refractivity contribution in [3.63, 3.8) is 0 Å². The third-order valence-corrected chi connectivity index (χ3v) is 3.91. The van der Waals surface area contributed by atoms with Crippen molar-refractivity contribution in [1.29, 1.82) is 0 Å². The first-order valence-corrected chi connectivity index (χ1v) is 7.23. The van der Waals surface area contributed by atoms with Crippen molar-refractivity contribution in [3.05, 3.63) is 52.9 Å². The largest absolute Gasteiger partial charge is 0.305 e. The van der Waals surface area contributed by atoms with Gasteiger partial charge in [0.2, 0.25) is 5.91 Å². The Balaban J connectivity index is 1.95. The number of amides is 2. The summed E-state index contributed by atoms with van der Waals surface area (Å²) in [6, 6.07) is 13.9. The molecule has 1 heterocycles. The van der Waals surface area contributed by atoms with Crippen LogP contribution in [0.15, 0.2) is 52.4 Å². The lowest BCUT2D eigenvalue weighted by atomic mass is 10.0. The van der Waals surface area contributed by atoms with Crippen LogP contribution >= 0.6 is 11.8 Å². The van der Waals surface area contributed by atoms with Crippen LogP contribution in [0.4, 0.5) is 0 Å². The Labute approximate surface area is 125 Å². The Kier molecular flexibility index (Phi) is 3.58. The number of nitrogens with one attached hydrogen (secondary N) is 1. The fourth-order valence-electron chi connectivity index (χ4n) is 2.13. The highest BCUT2D eigenvalue weighted by Gasteiger charge is 2.22. The van der Waals surface area contributed by atoms with Crippen LogP contribution in [-0.4, -0.2) is 17.0 Å². The van der Waals surface area contributed by atoms with Crippen molar-refractivity contribution in [3.8, 4) is 0 Å². The Morgan fingerprint density at radius 3 is 2.76 bits per heavy atom. The Bertz CT molecular complexity index is 804. The van der Waals surface area contributed by atoms with Gasteiger partial charge in [0.05, 0.1) is 4.91 Å². The van der Waals surface area contributed by atoms with Crippen LogP contribution in [0.2, 0.25) is 0 Å². The zero-order chi connectivity index (χ0) is 14.8. The highest BCUT2D eigenvalue weighted by molar-refractivity contribution is 8.18. The van der Waals surface area contributed by atoms with Gasteiger partial charge in [-0.2, -0.15) is 4.99 Å². The molecule has 5 heteroatoms. The number of carbonyl (C=O) groups is 2. The average molecular weight is 296 g/mol. The zero-order valence-electron chi connectivity index (χ0n) is 11.3. The summed E-state index contributed by atoms with van der Waals surface area (Å²) in [5.74, 6) is -0.558. The van der Waals surface area contributed by atoms with Gasteiger partial charge < -0.3 is 5.32 Å². The Morgan fingerprint density at radius 2 is 1.95 bits per heavy atom. The van der Waals surface area contributed by atoms with Gasteiger partial charge in [-0.3, -0.25) is 9.59 Å². The Morgan fingerprint density at radius 1 is 1.19 bits per heavy atom. The summed E-state index contributed by atoms with van der Waals surface area (Å²) in [6.07, 6.45) is 1.81. The molecule has 104 valence electrons. The molecule has 1 aliphatic rings. The highest BCUT2D eigenvalue weighted by Crippen LogP contribution is 2.29. The van der Waals surface area contributed by atoms with Crippen molar-refractivity contribution < 1.29 is 9.59 Å². The van der Waals surface area contributed by atoms with E-state index in [1.54, 1.807) is 0 Å². The van der Waals surface area contributed by atoms with Gasteiger partial charge in [-0.1, -0.05) is 42.5 Å². The van der Waals surface area contributed by atoms with E-state index >= 15 is 0 Å². The van der Waals surface area contributed by atoms with Crippen LogP contribution < -0.4 is 5.32 Å². The maximum Gasteiger partial charge on any atom is 0.286 e. The molecule has 0 aromatic heterocycles. The second-order valence-electron chi connectivity index (χ2n) is 4.58. The molecule has 0 fully saturated rings. The number of hydrogen-bond donors (Lipinski definition) is 1. The molecule has 0 radical (unpaired) electrons. The standard InChI is InChI=1S/C16H12N2O2S/c1-10(19)17-16-18-15(20)14(21-16)9-12-7-4-6-11-5-2-3-8-13(11)12/h2-9H,1H3,(H,17,18,19,20). The van der Waals surface area contributed by atoms with Crippen molar-refractivity contribution in [1.82, 2.24) is 5.32 Å². The number of aliphatic imine (C=N–C) groups is 1. The quantitative estimate of drug-likeness (QED) is 0.823. The van der Waals surface area contributed by atoms with E-state index < -0.39 is 0 Å². The minimum absolute atomic E-state index is 0.236. The maximum absolute atomic E-state index is 11.9. The predicted molar refractivity (Wildman–Crippen MR) is 85.8 cm³/mol. The monoisotopic (exact) mass is 296 g/mol. The number of hydrogen-bond acceptors (Lipinski definition) is 3. The van der Waals surface area contributed by atoms with Crippen LogP contribution in [0, 0.1) is 0 Å². The molecule has 0 aliphatic carbocycles. The number of benzene rings is 2. The zero-order valence-corrected chi connectivity index (χ0v) is 12.1. The van der Waals surface area contributed by atoms with Crippen LogP contribution in [0.25, 0.3) is 16.8 Å². The first kappa shape index (κ1) is 13.6. The summed E-state index contributed by atoms with van der Waals surface area (Å²) < 4.78 is 0. The number of thioether (sulfide) groups is 1. The van der Waals surface area contributed by atoms with Gasteiger partial charge in [-0.05, 0) is 34.2 Å². The second-order valence-corrected chi connectivity index (χ2v) is 5.61. The molecular formula is C16H12N2O2S. The summed E-state index contributed by atoms with van der Waals surface area (Å²) in [7, 11) is 0. The lowest BCUT2D eigenvalue weighted by Gasteiger charge is -2.03. The normalized spacial score (nSPS) is 16.3. The van der Waals surface area contributed by atoms with Crippen molar-refractivity contribution in [2.24, 2.45) is 4.99 Å². The molecule has 0 atom stereocenters. The average Bonchev–Trinajstić information content (AvgIpc) is 2.78. The van der Waals surface area contributed by atoms with E-state index in [9.17, 15) is 9.59 Å². The van der Waals surface area contributed by atoms with E-state index in [1.807, 2.05) is 48.5 Å². The number of carbonyl (C=O) groups excluding carboxylic acids is 2. The van der Waals surface area contributed by atoms with Gasteiger partial charge in [0.1, 0.15) is 0 Å². The van der Waals surface area contributed by atoms with Gasteiger partial charge in [0.15, 0.2) is 5.17 Å². The van der Waals surface area contributed by atoms with Crippen LogP contribution in [-0.2, 0) is 9.59 Å². The number of nitrogens with zero attached hydrogens (tertiary/aromatic N) is 1. The van der Waals surface area contributed by atoms with Crippen LogP contribution in [0.1, 0.15) is 12.5 Å². The van der Waals surface area contributed by atoms with Crippen molar-refractivity contribution in [2.75, 3.05) is 0 Å². The number of rotatable bonds is 1. The maximum atomic E-state index is 11.9. The lowest BCUT2D eigenvalue weighted by Crippen LogP contribution is -2.23. The molecule has 1 aliphatic heterocycles. The number of amidine groups is 1. The third kappa shape index (κ3) is 2.87. The van der Waals surface area contributed by atoms with E-state index in [0.29, 0.717) is 10.1 Å². The number of fused-ring (bicyclic) bond motifs is 1. The summed E-state index contributed by atoms with van der Waals surface area (Å²) in [5, 5.41) is 5.06. The fraction of sp³-hybridized carbons (Fsp3) is 0.0625. The van der Waals surface area contributed by atoms with Crippen LogP contribution in [0.3, 0.4) is 0 Å². The molecule has 0 bridgehead atoms. The fourth-order valence-corrected chi connectivity index (χ4v) is 2.98. The van der Waals surface area contributed by atoms with E-state index in [-0.39, 0.29) is 11.8 Å². The molecule has 4 nitrogen and oxygen atoms in total. The van der Waals surface area contributed by atoms with E-state index in [1.165, 1.54) is 18.7 Å². The smallest absolute Gasteiger partial charge is 0.286 e. The highest BCUT2D eigenvalue weighted by atomic mass is 32.2. The van der Waals surface area contributed by atoms with Crippen molar-refractivity contribution in [2.45, 2.75) is 6.92 Å². The first-order valence-electron chi connectivity index (χ1n) is 6.41. The summed E-state index contributed by atoms with van der Waals surface area (Å²) >= 11 is 1.18. The van der Waals surface area contributed by atoms with E-state index in [2.05, 4.69) is 10.3 Å². The predicted octanol–water partition coefficient (Wildman–Crippen LogP) is 2.95. The van der Waals surface area contributed by atoms with Crippen molar-refractivity contribution >= 4 is 45.6 Å². The van der Waals surface area contributed by atoms with Gasteiger partial charge in [0.25, 0.3) is 5.91 Å². The van der Waals surface area contributed by atoms with Gasteiger partial charge >= 0.3 is 0 Å². The van der Waals surface area contributed by atoms with Crippen LogP contribution in [0.5, 0.6) is 0 Å². The molecule has 2 aromatic carbocycles. The molecular weight excluding hydrogens is 284 g/mol. The minimum atomic E-state index is -0.323. The Hall–Kier alpha value is -2.40. The topological polar surface area (TPSA) is 58.5 Å². The summed E-state index contributed by atoms with van der Waals surface area (Å²) in [6.45, 7) is 1.39. The third-order valence-electron chi connectivity index (χ3n) is 3.01. The molecule has 2 aromatic rings. The van der Waals surface area contributed by atoms with Gasteiger partial charge in [-0.25, -0.2) is 0 Å². The minimum Gasteiger partial charge on any atom is -0.305 e. The molecule has 0 saturated heterocycles. The molecule has 1 N–H and O–H groups in total. The van der Waals surface area contributed by atoms with E-state index in [0.717, 1.165) is 16.3 Å². The molecule has 21 heavy (non-hydrogen) atoms. The lowest BCUT2D eigenvalue weighted by molar-refractivity contribution is -0.117. The summed E-state index contributed by atoms with van der Waals surface area (Å²) in [5.41, 5.74) is 0.961. The van der Waals surface area contributed by atoms with Gasteiger partial charge in [0, 0.05) is 6.92 Å². The second kappa shape index (κ2) is 5.54. The molecule has 2 amide bonds. The van der Waals surface area contributed by atoms with E-state index in [4.69, 9.17) is 0 Å². The summed E-state index contributed by atoms with van der Waals surface area (Å²) in [4.78, 5) is 27.2. The first-order chi connectivity index (χ1) is 10.1.